The summed E-state index contributed by atoms with van der Waals surface area (Å²) in [7, 11) is 0. The fourth-order valence-electron chi connectivity index (χ4n) is 0.999. The van der Waals surface area contributed by atoms with Crippen LogP contribution in [0.1, 0.15) is 37.4 Å². The number of nitrogens with zero attached hydrogens (tertiary/aromatic N) is 2. The van der Waals surface area contributed by atoms with E-state index in [1.165, 1.54) is 5.56 Å². The lowest BCUT2D eigenvalue weighted by Gasteiger charge is -2.06. The van der Waals surface area contributed by atoms with Gasteiger partial charge in [-0.2, -0.15) is 5.26 Å². The zero-order valence-corrected chi connectivity index (χ0v) is 7.41. The molecule has 0 aromatic carbocycles. The van der Waals surface area contributed by atoms with E-state index >= 15 is 0 Å². The van der Waals surface area contributed by atoms with E-state index in [1.54, 1.807) is 12.3 Å². The number of nitriles is 1. The zero-order chi connectivity index (χ0) is 8.97. The molecule has 2 nitrogen and oxygen atoms in total. The molecule has 0 spiro atoms. The van der Waals surface area contributed by atoms with Crippen LogP contribution in [-0.4, -0.2) is 4.98 Å². The van der Waals surface area contributed by atoms with Crippen molar-refractivity contribution in [1.29, 1.82) is 5.26 Å². The van der Waals surface area contributed by atoms with Crippen molar-refractivity contribution in [3.63, 3.8) is 0 Å². The van der Waals surface area contributed by atoms with Gasteiger partial charge in [-0.15, -0.1) is 0 Å². The molecule has 0 aliphatic rings. The van der Waals surface area contributed by atoms with Gasteiger partial charge in [0.2, 0.25) is 0 Å². The van der Waals surface area contributed by atoms with E-state index in [4.69, 9.17) is 5.26 Å². The van der Waals surface area contributed by atoms with Crippen LogP contribution >= 0.6 is 0 Å². The van der Waals surface area contributed by atoms with E-state index in [0.717, 1.165) is 6.42 Å². The second-order valence-electron chi connectivity index (χ2n) is 2.90. The van der Waals surface area contributed by atoms with Crippen LogP contribution in [-0.2, 0) is 0 Å². The van der Waals surface area contributed by atoms with Gasteiger partial charge in [-0.3, -0.25) is 0 Å². The van der Waals surface area contributed by atoms with Crippen molar-refractivity contribution in [2.75, 3.05) is 0 Å². The molecule has 1 aromatic heterocycles. The van der Waals surface area contributed by atoms with E-state index in [9.17, 15) is 0 Å². The van der Waals surface area contributed by atoms with Crippen molar-refractivity contribution in [2.24, 2.45) is 0 Å². The van der Waals surface area contributed by atoms with Gasteiger partial charge in [0.25, 0.3) is 0 Å². The summed E-state index contributed by atoms with van der Waals surface area (Å²) in [5.74, 6) is 0.533. The monoisotopic (exact) mass is 160 g/mol. The lowest BCUT2D eigenvalue weighted by Crippen LogP contribution is -1.92. The van der Waals surface area contributed by atoms with Gasteiger partial charge in [-0.05, 0) is 24.0 Å². The Labute approximate surface area is 72.9 Å². The van der Waals surface area contributed by atoms with Crippen LogP contribution in [0.25, 0.3) is 0 Å². The summed E-state index contributed by atoms with van der Waals surface area (Å²) in [6.45, 7) is 4.30. The van der Waals surface area contributed by atoms with Crippen molar-refractivity contribution in [3.8, 4) is 6.07 Å². The second-order valence-corrected chi connectivity index (χ2v) is 2.90. The fourth-order valence-corrected chi connectivity index (χ4v) is 0.999. The number of rotatable bonds is 2. The molecule has 0 bridgehead atoms. The second kappa shape index (κ2) is 3.87. The highest BCUT2D eigenvalue weighted by Crippen LogP contribution is 2.16. The summed E-state index contributed by atoms with van der Waals surface area (Å²) >= 11 is 0. The summed E-state index contributed by atoms with van der Waals surface area (Å²) in [4.78, 5) is 4.01. The molecular formula is C10H12N2. The van der Waals surface area contributed by atoms with Crippen molar-refractivity contribution in [2.45, 2.75) is 26.2 Å². The minimum atomic E-state index is 0.488. The van der Waals surface area contributed by atoms with Gasteiger partial charge in [0.05, 0.1) is 0 Å². The maximum atomic E-state index is 8.51. The standard InChI is InChI=1S/C10H12N2/c1-3-8(2)9-4-5-10(6-11)12-7-9/h4-5,7-8H,3H2,1-2H3. The van der Waals surface area contributed by atoms with Gasteiger partial charge in [0, 0.05) is 6.20 Å². The van der Waals surface area contributed by atoms with Gasteiger partial charge < -0.3 is 0 Å². The van der Waals surface area contributed by atoms with Crippen LogP contribution in [0.3, 0.4) is 0 Å². The van der Waals surface area contributed by atoms with Gasteiger partial charge >= 0.3 is 0 Å². The van der Waals surface area contributed by atoms with Gasteiger partial charge in [-0.25, -0.2) is 4.98 Å². The average Bonchev–Trinajstić information content (AvgIpc) is 2.17. The van der Waals surface area contributed by atoms with Crippen molar-refractivity contribution in [1.82, 2.24) is 4.98 Å². The Bertz CT molecular complexity index is 282. The molecule has 0 saturated carbocycles. The Balaban J connectivity index is 2.86. The molecule has 12 heavy (non-hydrogen) atoms. The molecule has 0 fully saturated rings. The minimum absolute atomic E-state index is 0.488. The Hall–Kier alpha value is -1.36. The normalized spacial score (nSPS) is 12.1. The summed E-state index contributed by atoms with van der Waals surface area (Å²) in [5, 5.41) is 8.51. The smallest absolute Gasteiger partial charge is 0.140 e. The molecule has 62 valence electrons. The molecule has 1 unspecified atom stereocenters. The first-order valence-corrected chi connectivity index (χ1v) is 4.14. The van der Waals surface area contributed by atoms with E-state index < -0.39 is 0 Å². The Morgan fingerprint density at radius 1 is 1.58 bits per heavy atom. The first-order valence-electron chi connectivity index (χ1n) is 4.14. The molecule has 1 atom stereocenters. The highest BCUT2D eigenvalue weighted by Gasteiger charge is 2.02. The molecule has 0 N–H and O–H groups in total. The molecule has 1 aromatic rings. The van der Waals surface area contributed by atoms with Crippen LogP contribution in [0.5, 0.6) is 0 Å². The van der Waals surface area contributed by atoms with Crippen LogP contribution in [0.4, 0.5) is 0 Å². The van der Waals surface area contributed by atoms with Gasteiger partial charge in [-0.1, -0.05) is 19.9 Å². The predicted molar refractivity (Wildman–Crippen MR) is 47.7 cm³/mol. The fraction of sp³-hybridized carbons (Fsp3) is 0.400. The van der Waals surface area contributed by atoms with Crippen LogP contribution in [0, 0.1) is 11.3 Å². The van der Waals surface area contributed by atoms with Crippen molar-refractivity contribution >= 4 is 0 Å². The third kappa shape index (κ3) is 1.82. The Morgan fingerprint density at radius 2 is 2.33 bits per heavy atom. The molecule has 0 aliphatic heterocycles. The largest absolute Gasteiger partial charge is 0.245 e. The minimum Gasteiger partial charge on any atom is -0.245 e. The highest BCUT2D eigenvalue weighted by atomic mass is 14.7. The van der Waals surface area contributed by atoms with Crippen molar-refractivity contribution < 1.29 is 0 Å². The van der Waals surface area contributed by atoms with Crippen LogP contribution in [0.15, 0.2) is 18.3 Å². The molecule has 0 aliphatic carbocycles. The van der Waals surface area contributed by atoms with E-state index in [2.05, 4.69) is 18.8 Å². The van der Waals surface area contributed by atoms with Crippen LogP contribution < -0.4 is 0 Å². The number of hydrogen-bond donors (Lipinski definition) is 0. The number of pyridine rings is 1. The average molecular weight is 160 g/mol. The molecule has 0 radical (unpaired) electrons. The molecule has 0 saturated heterocycles. The lowest BCUT2D eigenvalue weighted by molar-refractivity contribution is 0.729. The van der Waals surface area contributed by atoms with E-state index in [0.29, 0.717) is 11.6 Å². The maximum absolute atomic E-state index is 8.51. The Kier molecular flexibility index (Phi) is 2.82. The first-order chi connectivity index (χ1) is 5.77. The van der Waals surface area contributed by atoms with Crippen molar-refractivity contribution in [3.05, 3.63) is 29.6 Å². The number of aromatic nitrogens is 1. The summed E-state index contributed by atoms with van der Waals surface area (Å²) in [6, 6.07) is 5.74. The highest BCUT2D eigenvalue weighted by molar-refractivity contribution is 5.24. The summed E-state index contributed by atoms with van der Waals surface area (Å²) < 4.78 is 0. The molecule has 2 heteroatoms. The number of hydrogen-bond acceptors (Lipinski definition) is 2. The topological polar surface area (TPSA) is 36.7 Å². The summed E-state index contributed by atoms with van der Waals surface area (Å²) in [6.07, 6.45) is 2.89. The molecule has 0 amide bonds. The molecule has 1 heterocycles. The SMILES string of the molecule is CCC(C)c1ccc(C#N)nc1. The summed E-state index contributed by atoms with van der Waals surface area (Å²) in [5.41, 5.74) is 1.69. The maximum Gasteiger partial charge on any atom is 0.140 e. The molecule has 1 rings (SSSR count). The third-order valence-electron chi connectivity index (χ3n) is 2.08. The predicted octanol–water partition coefficient (Wildman–Crippen LogP) is 2.47. The molecular weight excluding hydrogens is 148 g/mol. The zero-order valence-electron chi connectivity index (χ0n) is 7.41. The van der Waals surface area contributed by atoms with Gasteiger partial charge in [0.15, 0.2) is 0 Å². The van der Waals surface area contributed by atoms with E-state index in [-0.39, 0.29) is 0 Å². The Morgan fingerprint density at radius 3 is 2.75 bits per heavy atom. The van der Waals surface area contributed by atoms with E-state index in [1.807, 2.05) is 12.1 Å². The van der Waals surface area contributed by atoms with Gasteiger partial charge in [0.1, 0.15) is 11.8 Å². The lowest BCUT2D eigenvalue weighted by atomic mass is 10.0. The quantitative estimate of drug-likeness (QED) is 0.666. The van der Waals surface area contributed by atoms with Crippen LogP contribution in [0.2, 0.25) is 0 Å². The first kappa shape index (κ1) is 8.73. The third-order valence-corrected chi connectivity index (χ3v) is 2.08.